The third-order valence-electron chi connectivity index (χ3n) is 11.0. The molecule has 274 valence electrons. The highest BCUT2D eigenvalue weighted by atomic mass is 32.1. The summed E-state index contributed by atoms with van der Waals surface area (Å²) >= 11 is 1.85. The Balaban J connectivity index is 1.18. The first-order chi connectivity index (χ1) is 28.1. The SMILES string of the molecule is C/C(=N\C(=N/[C@@H](C)c1cc(-c2ccccc2)c2c(c1)sc1ccccc12)c1ccccc1)c1cccc([Si](c2ccccc2)(c2ccccc2)c2ccccc2)c1. The summed E-state index contributed by atoms with van der Waals surface area (Å²) in [7, 11) is -2.70. The van der Waals surface area contributed by atoms with Crippen LogP contribution in [0.4, 0.5) is 0 Å². The van der Waals surface area contributed by atoms with Crippen molar-refractivity contribution in [2.24, 2.45) is 9.98 Å². The van der Waals surface area contributed by atoms with Crippen molar-refractivity contribution >= 4 is 71.9 Å². The van der Waals surface area contributed by atoms with Crippen LogP contribution in [0.15, 0.2) is 222 Å². The molecule has 0 bridgehead atoms. The van der Waals surface area contributed by atoms with Gasteiger partial charge < -0.3 is 0 Å². The molecule has 57 heavy (non-hydrogen) atoms. The quantitative estimate of drug-likeness (QED) is 0.0605. The maximum atomic E-state index is 5.43. The summed E-state index contributed by atoms with van der Waals surface area (Å²) in [6.07, 6.45) is 0. The standard InChI is InChI=1S/C53H42N2SSi/c1-38(42-25-20-32-47(35-42)57(44-26-12-5-13-27-44,45-28-14-6-15-29-45)46-30-16-7-17-31-46)54-53(41-23-10-4-11-24-41)55-39(2)43-36-49(40-21-8-3-9-22-40)52-48-33-18-19-34-50(48)56-51(52)37-43/h3-37,39H,1-2H3/b54-38+,55-53-/t39-/m0/s1. The van der Waals surface area contributed by atoms with Crippen LogP contribution in [0.2, 0.25) is 0 Å². The van der Waals surface area contributed by atoms with Gasteiger partial charge in [-0.15, -0.1) is 11.3 Å². The van der Waals surface area contributed by atoms with Crippen LogP contribution in [0.25, 0.3) is 31.3 Å². The monoisotopic (exact) mass is 766 g/mol. The van der Waals surface area contributed by atoms with Gasteiger partial charge in [-0.3, -0.25) is 4.99 Å². The summed E-state index contributed by atoms with van der Waals surface area (Å²) in [6, 6.07) is 76.7. The maximum absolute atomic E-state index is 5.43. The largest absolute Gasteiger partial charge is 0.258 e. The smallest absolute Gasteiger partial charge is 0.179 e. The Labute approximate surface area is 340 Å². The Morgan fingerprint density at radius 1 is 0.491 bits per heavy atom. The molecule has 0 aliphatic heterocycles. The van der Waals surface area contributed by atoms with Gasteiger partial charge in [0.05, 0.1) is 6.04 Å². The molecule has 1 aromatic heterocycles. The molecule has 0 amide bonds. The summed E-state index contributed by atoms with van der Waals surface area (Å²) in [5, 5.41) is 7.96. The number of hydrogen-bond acceptors (Lipinski definition) is 2. The van der Waals surface area contributed by atoms with Gasteiger partial charge in [0.15, 0.2) is 13.9 Å². The fourth-order valence-corrected chi connectivity index (χ4v) is 14.2. The minimum absolute atomic E-state index is 0.144. The number of thiophene rings is 1. The number of aliphatic imine (C=N–C) groups is 2. The number of nitrogens with zero attached hydrogens (tertiary/aromatic N) is 2. The molecule has 1 atom stereocenters. The van der Waals surface area contributed by atoms with Crippen molar-refractivity contribution in [3.05, 3.63) is 229 Å². The lowest BCUT2D eigenvalue weighted by atomic mass is 9.95. The van der Waals surface area contributed by atoms with E-state index in [1.165, 1.54) is 57.6 Å². The summed E-state index contributed by atoms with van der Waals surface area (Å²) in [6.45, 7) is 4.31. The highest BCUT2D eigenvalue weighted by Gasteiger charge is 2.41. The van der Waals surface area contributed by atoms with E-state index in [0.29, 0.717) is 0 Å². The molecule has 9 rings (SSSR count). The van der Waals surface area contributed by atoms with E-state index in [0.717, 1.165) is 22.7 Å². The lowest BCUT2D eigenvalue weighted by Gasteiger charge is -2.34. The number of fused-ring (bicyclic) bond motifs is 3. The number of rotatable bonds is 9. The summed E-state index contributed by atoms with van der Waals surface area (Å²) in [5.41, 5.74) is 6.62. The molecule has 0 unspecified atom stereocenters. The molecule has 0 fully saturated rings. The Kier molecular flexibility index (Phi) is 10.1. The molecular weight excluding hydrogens is 725 g/mol. The first-order valence-electron chi connectivity index (χ1n) is 19.6. The average molecular weight is 767 g/mol. The Bertz CT molecular complexity index is 2750. The van der Waals surface area contributed by atoms with Gasteiger partial charge in [0.25, 0.3) is 0 Å². The molecule has 0 radical (unpaired) electrons. The minimum atomic E-state index is -2.70. The zero-order chi connectivity index (χ0) is 38.6. The first-order valence-corrected chi connectivity index (χ1v) is 22.4. The highest BCUT2D eigenvalue weighted by Crippen LogP contribution is 2.42. The molecule has 1 heterocycles. The zero-order valence-electron chi connectivity index (χ0n) is 32.1. The molecule has 8 aromatic carbocycles. The van der Waals surface area contributed by atoms with Crippen molar-refractivity contribution in [2.75, 3.05) is 0 Å². The van der Waals surface area contributed by atoms with Crippen molar-refractivity contribution in [2.45, 2.75) is 19.9 Å². The van der Waals surface area contributed by atoms with Gasteiger partial charge in [0.2, 0.25) is 0 Å². The second kappa shape index (κ2) is 16.0. The van der Waals surface area contributed by atoms with E-state index in [-0.39, 0.29) is 6.04 Å². The second-order valence-electron chi connectivity index (χ2n) is 14.5. The Morgan fingerprint density at radius 3 is 1.61 bits per heavy atom. The van der Waals surface area contributed by atoms with Crippen molar-refractivity contribution < 1.29 is 0 Å². The normalized spacial score (nSPS) is 12.9. The van der Waals surface area contributed by atoms with E-state index >= 15 is 0 Å². The maximum Gasteiger partial charge on any atom is 0.179 e. The number of hydrogen-bond donors (Lipinski definition) is 0. The molecule has 0 saturated carbocycles. The van der Waals surface area contributed by atoms with Crippen LogP contribution in [-0.2, 0) is 0 Å². The van der Waals surface area contributed by atoms with Gasteiger partial charge in [-0.1, -0.05) is 194 Å². The van der Waals surface area contributed by atoms with Crippen LogP contribution >= 0.6 is 11.3 Å². The molecule has 0 aliphatic rings. The van der Waals surface area contributed by atoms with E-state index in [1.54, 1.807) is 0 Å². The fourth-order valence-electron chi connectivity index (χ4n) is 8.24. The number of amidine groups is 1. The van der Waals surface area contributed by atoms with E-state index in [1.807, 2.05) is 17.4 Å². The topological polar surface area (TPSA) is 24.7 Å². The van der Waals surface area contributed by atoms with Gasteiger partial charge in [-0.2, -0.15) is 0 Å². The van der Waals surface area contributed by atoms with Crippen molar-refractivity contribution in [3.63, 3.8) is 0 Å². The number of benzene rings is 8. The Morgan fingerprint density at radius 2 is 1.00 bits per heavy atom. The van der Waals surface area contributed by atoms with Crippen LogP contribution in [-0.4, -0.2) is 19.6 Å². The molecule has 0 N–H and O–H groups in total. The van der Waals surface area contributed by atoms with Crippen molar-refractivity contribution in [1.29, 1.82) is 0 Å². The molecule has 0 saturated heterocycles. The van der Waals surface area contributed by atoms with Gasteiger partial charge in [-0.05, 0) is 75.0 Å². The fraction of sp³-hybridized carbons (Fsp3) is 0.0566. The molecule has 0 spiro atoms. The zero-order valence-corrected chi connectivity index (χ0v) is 33.9. The summed E-state index contributed by atoms with van der Waals surface area (Å²) in [4.78, 5) is 10.8. The summed E-state index contributed by atoms with van der Waals surface area (Å²) < 4.78 is 2.57. The van der Waals surface area contributed by atoms with Crippen LogP contribution in [0.5, 0.6) is 0 Å². The molecule has 2 nitrogen and oxygen atoms in total. The van der Waals surface area contributed by atoms with Gasteiger partial charge in [-0.25, -0.2) is 4.99 Å². The third-order valence-corrected chi connectivity index (χ3v) is 16.9. The van der Waals surface area contributed by atoms with Gasteiger partial charge in [0, 0.05) is 31.4 Å². The van der Waals surface area contributed by atoms with E-state index in [9.17, 15) is 0 Å². The van der Waals surface area contributed by atoms with E-state index in [2.05, 4.69) is 220 Å². The second-order valence-corrected chi connectivity index (χ2v) is 19.4. The Hall–Kier alpha value is -6.46. The van der Waals surface area contributed by atoms with Crippen LogP contribution in [0.3, 0.4) is 0 Å². The van der Waals surface area contributed by atoms with E-state index < -0.39 is 8.07 Å². The molecule has 9 aromatic rings. The van der Waals surface area contributed by atoms with Gasteiger partial charge >= 0.3 is 0 Å². The van der Waals surface area contributed by atoms with Crippen LogP contribution < -0.4 is 20.7 Å². The third kappa shape index (κ3) is 6.99. The lowest BCUT2D eigenvalue weighted by molar-refractivity contribution is 0.820. The predicted molar refractivity (Wildman–Crippen MR) is 248 cm³/mol. The lowest BCUT2D eigenvalue weighted by Crippen LogP contribution is -2.74. The van der Waals surface area contributed by atoms with Crippen LogP contribution in [0.1, 0.15) is 36.6 Å². The highest BCUT2D eigenvalue weighted by molar-refractivity contribution is 7.26. The van der Waals surface area contributed by atoms with E-state index in [4.69, 9.17) is 9.98 Å². The average Bonchev–Trinajstić information content (AvgIpc) is 3.67. The molecule has 4 heteroatoms. The van der Waals surface area contributed by atoms with Gasteiger partial charge in [0.1, 0.15) is 0 Å². The molecule has 0 aliphatic carbocycles. The summed E-state index contributed by atoms with van der Waals surface area (Å²) in [5.74, 6) is 0.724. The van der Waals surface area contributed by atoms with Crippen molar-refractivity contribution in [3.8, 4) is 11.1 Å². The predicted octanol–water partition coefficient (Wildman–Crippen LogP) is 11.1. The first kappa shape index (κ1) is 36.2. The molecular formula is C53H42N2SSi. The minimum Gasteiger partial charge on any atom is -0.258 e. The van der Waals surface area contributed by atoms with Crippen LogP contribution in [0, 0.1) is 0 Å². The van der Waals surface area contributed by atoms with Crippen molar-refractivity contribution in [1.82, 2.24) is 0 Å².